The van der Waals surface area contributed by atoms with Gasteiger partial charge in [0, 0.05) is 5.54 Å². The van der Waals surface area contributed by atoms with E-state index in [4.69, 9.17) is 0 Å². The zero-order chi connectivity index (χ0) is 9.95. The van der Waals surface area contributed by atoms with Crippen LogP contribution < -0.4 is 5.32 Å². The molecule has 1 aliphatic heterocycles. The van der Waals surface area contributed by atoms with Crippen molar-refractivity contribution in [3.8, 4) is 0 Å². The van der Waals surface area contributed by atoms with Crippen LogP contribution in [0.3, 0.4) is 0 Å². The van der Waals surface area contributed by atoms with Gasteiger partial charge < -0.3 is 5.32 Å². The molecule has 1 fully saturated rings. The molecule has 1 rings (SSSR count). The van der Waals surface area contributed by atoms with Crippen LogP contribution >= 0.6 is 0 Å². The van der Waals surface area contributed by atoms with Crippen molar-refractivity contribution in [1.82, 2.24) is 5.32 Å². The van der Waals surface area contributed by atoms with E-state index in [1.54, 1.807) is 0 Å². The summed E-state index contributed by atoms with van der Waals surface area (Å²) in [6.07, 6.45) is 6.82. The molecule has 0 saturated carbocycles. The number of hydrogen-bond donors (Lipinski definition) is 1. The summed E-state index contributed by atoms with van der Waals surface area (Å²) in [5.74, 6) is 0. The van der Waals surface area contributed by atoms with E-state index in [0.717, 1.165) is 0 Å². The van der Waals surface area contributed by atoms with Crippen LogP contribution in [0.1, 0.15) is 59.8 Å². The molecule has 0 aromatic rings. The van der Waals surface area contributed by atoms with Gasteiger partial charge >= 0.3 is 0 Å². The predicted molar refractivity (Wildman–Crippen MR) is 58.9 cm³/mol. The second-order valence-electron chi connectivity index (χ2n) is 5.04. The summed E-state index contributed by atoms with van der Waals surface area (Å²) in [5.41, 5.74) is 0.930. The molecule has 1 unspecified atom stereocenters. The highest BCUT2D eigenvalue weighted by Gasteiger charge is 2.46. The molecule has 1 atom stereocenters. The molecular weight excluding hydrogens is 158 g/mol. The van der Waals surface area contributed by atoms with E-state index >= 15 is 0 Å². The van der Waals surface area contributed by atoms with Crippen molar-refractivity contribution in [2.75, 3.05) is 6.54 Å². The first-order valence-electron chi connectivity index (χ1n) is 5.83. The normalized spacial score (nSPS) is 32.3. The Labute approximate surface area is 83.3 Å². The monoisotopic (exact) mass is 183 g/mol. The third kappa shape index (κ3) is 1.90. The first kappa shape index (κ1) is 11.0. The molecule has 1 heterocycles. The molecule has 0 amide bonds. The molecule has 0 aromatic carbocycles. The topological polar surface area (TPSA) is 12.0 Å². The Bertz CT molecular complexity index is 163. The molecule has 0 aromatic heterocycles. The minimum Gasteiger partial charge on any atom is -0.311 e. The van der Waals surface area contributed by atoms with Crippen LogP contribution in [-0.2, 0) is 0 Å². The Balaban J connectivity index is 2.67. The van der Waals surface area contributed by atoms with Crippen molar-refractivity contribution in [1.29, 1.82) is 0 Å². The lowest BCUT2D eigenvalue weighted by Gasteiger charge is -2.41. The van der Waals surface area contributed by atoms with Gasteiger partial charge in [0.2, 0.25) is 0 Å². The maximum atomic E-state index is 3.65. The maximum Gasteiger partial charge on any atom is 0.0181 e. The zero-order valence-electron chi connectivity index (χ0n) is 9.74. The highest BCUT2D eigenvalue weighted by molar-refractivity contribution is 5.03. The van der Waals surface area contributed by atoms with Gasteiger partial charge in [0.15, 0.2) is 0 Å². The molecule has 0 aliphatic carbocycles. The van der Waals surface area contributed by atoms with Gasteiger partial charge in [-0.2, -0.15) is 0 Å². The maximum absolute atomic E-state index is 3.65. The molecule has 0 bridgehead atoms. The van der Waals surface area contributed by atoms with Gasteiger partial charge in [-0.3, -0.25) is 0 Å². The lowest BCUT2D eigenvalue weighted by Crippen LogP contribution is -2.46. The van der Waals surface area contributed by atoms with Crippen LogP contribution in [0.2, 0.25) is 0 Å². The smallest absolute Gasteiger partial charge is 0.0181 e. The van der Waals surface area contributed by atoms with Crippen molar-refractivity contribution in [3.63, 3.8) is 0 Å². The van der Waals surface area contributed by atoms with Gasteiger partial charge in [-0.25, -0.2) is 0 Å². The van der Waals surface area contributed by atoms with Gasteiger partial charge in [-0.05, 0) is 45.1 Å². The van der Waals surface area contributed by atoms with Gasteiger partial charge in [0.05, 0.1) is 0 Å². The first-order valence-corrected chi connectivity index (χ1v) is 5.83. The predicted octanol–water partition coefficient (Wildman–Crippen LogP) is 3.34. The standard InChI is InChI=1S/C12H25N/c1-5-7-8-12(6-2)9-10-13-11(12,3)4/h13H,5-10H2,1-4H3. The minimum absolute atomic E-state index is 0.358. The summed E-state index contributed by atoms with van der Waals surface area (Å²) < 4.78 is 0. The van der Waals surface area contributed by atoms with E-state index in [1.807, 2.05) is 0 Å². The molecule has 1 aliphatic rings. The Kier molecular flexibility index (Phi) is 3.39. The molecule has 0 radical (unpaired) electrons. The van der Waals surface area contributed by atoms with Crippen LogP contribution in [0.15, 0.2) is 0 Å². The van der Waals surface area contributed by atoms with Crippen molar-refractivity contribution in [3.05, 3.63) is 0 Å². The summed E-state index contributed by atoms with van der Waals surface area (Å²) in [4.78, 5) is 0. The lowest BCUT2D eigenvalue weighted by atomic mass is 9.67. The molecule has 1 saturated heterocycles. The van der Waals surface area contributed by atoms with E-state index in [0.29, 0.717) is 11.0 Å². The van der Waals surface area contributed by atoms with E-state index in [9.17, 15) is 0 Å². The van der Waals surface area contributed by atoms with Crippen LogP contribution in [0.5, 0.6) is 0 Å². The number of rotatable bonds is 4. The van der Waals surface area contributed by atoms with Crippen molar-refractivity contribution in [2.24, 2.45) is 5.41 Å². The number of nitrogens with one attached hydrogen (secondary N) is 1. The fourth-order valence-electron chi connectivity index (χ4n) is 2.86. The largest absolute Gasteiger partial charge is 0.311 e. The second-order valence-corrected chi connectivity index (χ2v) is 5.04. The first-order chi connectivity index (χ1) is 6.08. The lowest BCUT2D eigenvalue weighted by molar-refractivity contribution is 0.144. The Hall–Kier alpha value is -0.0400. The highest BCUT2D eigenvalue weighted by atomic mass is 15.0. The summed E-state index contributed by atoms with van der Waals surface area (Å²) in [5, 5.41) is 3.65. The Morgan fingerprint density at radius 3 is 2.31 bits per heavy atom. The van der Waals surface area contributed by atoms with Gasteiger partial charge in [0.25, 0.3) is 0 Å². The van der Waals surface area contributed by atoms with Crippen LogP contribution in [-0.4, -0.2) is 12.1 Å². The molecule has 13 heavy (non-hydrogen) atoms. The zero-order valence-corrected chi connectivity index (χ0v) is 9.74. The van der Waals surface area contributed by atoms with Crippen molar-refractivity contribution < 1.29 is 0 Å². The molecular formula is C12H25N. The Morgan fingerprint density at radius 2 is 1.92 bits per heavy atom. The fourth-order valence-corrected chi connectivity index (χ4v) is 2.86. The second kappa shape index (κ2) is 4.00. The third-order valence-electron chi connectivity index (χ3n) is 4.18. The summed E-state index contributed by atoms with van der Waals surface area (Å²) in [7, 11) is 0. The van der Waals surface area contributed by atoms with E-state index < -0.39 is 0 Å². The average Bonchev–Trinajstić information content (AvgIpc) is 2.38. The van der Waals surface area contributed by atoms with Crippen LogP contribution in [0.4, 0.5) is 0 Å². The molecule has 1 N–H and O–H groups in total. The van der Waals surface area contributed by atoms with Crippen molar-refractivity contribution in [2.45, 2.75) is 65.3 Å². The van der Waals surface area contributed by atoms with Crippen LogP contribution in [0, 0.1) is 5.41 Å². The third-order valence-corrected chi connectivity index (χ3v) is 4.18. The fraction of sp³-hybridized carbons (Fsp3) is 1.00. The molecule has 1 nitrogen and oxygen atoms in total. The van der Waals surface area contributed by atoms with Gasteiger partial charge in [-0.15, -0.1) is 0 Å². The van der Waals surface area contributed by atoms with Gasteiger partial charge in [0.1, 0.15) is 0 Å². The Morgan fingerprint density at radius 1 is 1.23 bits per heavy atom. The molecule has 1 heteroatoms. The number of hydrogen-bond acceptors (Lipinski definition) is 1. The van der Waals surface area contributed by atoms with E-state index in [1.165, 1.54) is 38.6 Å². The highest BCUT2D eigenvalue weighted by Crippen LogP contribution is 2.46. The van der Waals surface area contributed by atoms with E-state index in [2.05, 4.69) is 33.0 Å². The van der Waals surface area contributed by atoms with Crippen LogP contribution in [0.25, 0.3) is 0 Å². The molecule has 78 valence electrons. The summed E-state index contributed by atoms with van der Waals surface area (Å²) in [6.45, 7) is 10.6. The average molecular weight is 183 g/mol. The minimum atomic E-state index is 0.358. The molecule has 0 spiro atoms. The quantitative estimate of drug-likeness (QED) is 0.705. The summed E-state index contributed by atoms with van der Waals surface area (Å²) in [6, 6.07) is 0. The SMILES string of the molecule is CCCCC1(CC)CCNC1(C)C. The number of unbranched alkanes of at least 4 members (excludes halogenated alkanes) is 1. The summed E-state index contributed by atoms with van der Waals surface area (Å²) >= 11 is 0. The van der Waals surface area contributed by atoms with E-state index in [-0.39, 0.29) is 0 Å². The van der Waals surface area contributed by atoms with Gasteiger partial charge in [-0.1, -0.05) is 26.7 Å². The van der Waals surface area contributed by atoms with Crippen molar-refractivity contribution >= 4 is 0 Å².